The fourth-order valence-corrected chi connectivity index (χ4v) is 6.07. The summed E-state index contributed by atoms with van der Waals surface area (Å²) in [7, 11) is 5.12. The molecule has 2 aromatic heterocycles. The van der Waals surface area contributed by atoms with Crippen LogP contribution in [0, 0.1) is 0 Å². The van der Waals surface area contributed by atoms with E-state index in [1.807, 2.05) is 30.1 Å². The predicted molar refractivity (Wildman–Crippen MR) is 137 cm³/mol. The number of aromatic nitrogens is 1. The number of fused-ring (bicyclic) bond motifs is 3. The molecule has 4 heterocycles. The van der Waals surface area contributed by atoms with Crippen molar-refractivity contribution in [3.8, 4) is 33.2 Å². The van der Waals surface area contributed by atoms with E-state index in [4.69, 9.17) is 9.47 Å². The number of benzene rings is 1. The maximum absolute atomic E-state index is 13.9. The first-order valence-corrected chi connectivity index (χ1v) is 12.9. The number of aryl methyl sites for hydroxylation is 1. The molecule has 184 valence electrons. The van der Waals surface area contributed by atoms with Crippen molar-refractivity contribution in [3.63, 3.8) is 0 Å². The number of piperidine rings is 1. The van der Waals surface area contributed by atoms with Gasteiger partial charge in [0, 0.05) is 55.7 Å². The molecule has 0 aliphatic carbocycles. The Labute approximate surface area is 209 Å². The van der Waals surface area contributed by atoms with Crippen LogP contribution in [0.5, 0.6) is 11.5 Å². The number of nitrogens with zero attached hydrogens (tertiary/aromatic N) is 3. The number of amides is 2. The van der Waals surface area contributed by atoms with Gasteiger partial charge >= 0.3 is 0 Å². The zero-order valence-corrected chi connectivity index (χ0v) is 21.5. The molecule has 0 radical (unpaired) electrons. The Bertz CT molecular complexity index is 1260. The van der Waals surface area contributed by atoms with Gasteiger partial charge in [-0.25, -0.2) is 0 Å². The van der Waals surface area contributed by atoms with Crippen LogP contribution in [0.25, 0.3) is 21.7 Å². The van der Waals surface area contributed by atoms with Gasteiger partial charge in [0.2, 0.25) is 5.91 Å². The van der Waals surface area contributed by atoms with Crippen LogP contribution in [0.4, 0.5) is 0 Å². The molecule has 2 amide bonds. The maximum Gasteiger partial charge on any atom is 0.270 e. The van der Waals surface area contributed by atoms with Gasteiger partial charge in [-0.3, -0.25) is 9.59 Å². The largest absolute Gasteiger partial charge is 0.493 e. The lowest BCUT2D eigenvalue weighted by atomic mass is 9.95. The van der Waals surface area contributed by atoms with Crippen LogP contribution in [-0.2, 0) is 17.8 Å². The number of hydrogen-bond donors (Lipinski definition) is 0. The zero-order chi connectivity index (χ0) is 24.7. The monoisotopic (exact) mass is 493 g/mol. The Morgan fingerprint density at radius 1 is 1.09 bits per heavy atom. The summed E-state index contributed by atoms with van der Waals surface area (Å²) < 4.78 is 13.3. The molecule has 0 bridgehead atoms. The quantitative estimate of drug-likeness (QED) is 0.524. The third-order valence-electron chi connectivity index (χ3n) is 7.30. The molecule has 2 aliphatic rings. The molecular weight excluding hydrogens is 462 g/mol. The number of methoxy groups -OCH3 is 2. The Morgan fingerprint density at radius 3 is 2.54 bits per heavy atom. The third-order valence-corrected chi connectivity index (χ3v) is 8.20. The van der Waals surface area contributed by atoms with Gasteiger partial charge in [0.1, 0.15) is 5.69 Å². The zero-order valence-electron chi connectivity index (χ0n) is 20.7. The first-order valence-electron chi connectivity index (χ1n) is 12.0. The van der Waals surface area contributed by atoms with Crippen molar-refractivity contribution in [2.24, 2.45) is 0 Å². The molecule has 0 N–H and O–H groups in total. The molecule has 1 saturated heterocycles. The van der Waals surface area contributed by atoms with Crippen molar-refractivity contribution in [3.05, 3.63) is 47.0 Å². The predicted octanol–water partition coefficient (Wildman–Crippen LogP) is 4.54. The smallest absolute Gasteiger partial charge is 0.270 e. The number of hydrogen-bond acceptors (Lipinski definition) is 5. The summed E-state index contributed by atoms with van der Waals surface area (Å²) >= 11 is 1.67. The second kappa shape index (κ2) is 9.41. The summed E-state index contributed by atoms with van der Waals surface area (Å²) in [5, 5.41) is 2.06. The minimum Gasteiger partial charge on any atom is -0.493 e. The van der Waals surface area contributed by atoms with Gasteiger partial charge in [-0.15, -0.1) is 11.3 Å². The van der Waals surface area contributed by atoms with E-state index in [1.54, 1.807) is 37.4 Å². The van der Waals surface area contributed by atoms with E-state index < -0.39 is 0 Å². The van der Waals surface area contributed by atoms with E-state index in [2.05, 4.69) is 22.1 Å². The normalized spacial score (nSPS) is 16.9. The van der Waals surface area contributed by atoms with Crippen LogP contribution < -0.4 is 9.47 Å². The van der Waals surface area contributed by atoms with E-state index in [-0.39, 0.29) is 17.9 Å². The number of ether oxygens (including phenoxy) is 2. The SMILES string of the molecule is COc1cc2c(cc1OC)-c1c(-c3cccs3)cc(C(=O)N3CCCC(N(C)C(C)=O)C3)n1CC2. The van der Waals surface area contributed by atoms with Gasteiger partial charge in [-0.2, -0.15) is 0 Å². The van der Waals surface area contributed by atoms with E-state index in [1.165, 1.54) is 5.56 Å². The Morgan fingerprint density at radius 2 is 1.86 bits per heavy atom. The van der Waals surface area contributed by atoms with Crippen molar-refractivity contribution >= 4 is 23.2 Å². The molecular formula is C27H31N3O4S. The number of likely N-dealkylation sites (N-methyl/N-ethyl adjacent to an activating group) is 1. The van der Waals surface area contributed by atoms with E-state index in [0.717, 1.165) is 47.5 Å². The fourth-order valence-electron chi connectivity index (χ4n) is 5.32. The first kappa shape index (κ1) is 23.5. The lowest BCUT2D eigenvalue weighted by molar-refractivity contribution is -0.130. The van der Waals surface area contributed by atoms with Crippen LogP contribution in [0.3, 0.4) is 0 Å². The Balaban J connectivity index is 1.59. The lowest BCUT2D eigenvalue weighted by Crippen LogP contribution is -2.50. The maximum atomic E-state index is 13.9. The summed E-state index contributed by atoms with van der Waals surface area (Å²) in [6.45, 7) is 3.57. The van der Waals surface area contributed by atoms with Crippen LogP contribution in [0.2, 0.25) is 0 Å². The second-order valence-corrected chi connectivity index (χ2v) is 10.2. The number of thiophene rings is 1. The summed E-state index contributed by atoms with van der Waals surface area (Å²) in [5.41, 5.74) is 5.07. The van der Waals surface area contributed by atoms with Gasteiger partial charge in [0.05, 0.1) is 19.9 Å². The van der Waals surface area contributed by atoms with Gasteiger partial charge in [0.15, 0.2) is 11.5 Å². The minimum absolute atomic E-state index is 0.0274. The Kier molecular flexibility index (Phi) is 6.32. The standard InChI is InChI=1S/C27H31N3O4S/c1-17(31)28(2)19-7-5-10-29(16-19)27(32)22-14-21(25-8-6-12-35-25)26-20-15-24(34-4)23(33-3)13-18(20)9-11-30(22)26/h6,8,12-15,19H,5,7,9-11,16H2,1-4H3. The van der Waals surface area contributed by atoms with Crippen molar-refractivity contribution in [1.82, 2.24) is 14.4 Å². The molecule has 1 atom stereocenters. The first-order chi connectivity index (χ1) is 16.9. The van der Waals surface area contributed by atoms with Crippen molar-refractivity contribution in [2.75, 3.05) is 34.4 Å². The highest BCUT2D eigenvalue weighted by atomic mass is 32.1. The van der Waals surface area contributed by atoms with E-state index in [9.17, 15) is 9.59 Å². The lowest BCUT2D eigenvalue weighted by Gasteiger charge is -2.37. The Hall–Kier alpha value is -3.26. The van der Waals surface area contributed by atoms with Crippen molar-refractivity contribution < 1.29 is 19.1 Å². The van der Waals surface area contributed by atoms with Gasteiger partial charge < -0.3 is 23.8 Å². The minimum atomic E-state index is 0.0274. The van der Waals surface area contributed by atoms with Crippen LogP contribution in [0.1, 0.15) is 35.8 Å². The highest BCUT2D eigenvalue weighted by Crippen LogP contribution is 2.45. The third kappa shape index (κ3) is 4.10. The summed E-state index contributed by atoms with van der Waals surface area (Å²) in [4.78, 5) is 30.6. The summed E-state index contributed by atoms with van der Waals surface area (Å²) in [5.74, 6) is 1.45. The molecule has 0 spiro atoms. The molecule has 5 rings (SSSR count). The molecule has 3 aromatic rings. The summed E-state index contributed by atoms with van der Waals surface area (Å²) in [6.07, 6.45) is 2.61. The van der Waals surface area contributed by atoms with Crippen LogP contribution >= 0.6 is 11.3 Å². The summed E-state index contributed by atoms with van der Waals surface area (Å²) in [6, 6.07) is 10.3. The molecule has 7 nitrogen and oxygen atoms in total. The molecule has 2 aliphatic heterocycles. The topological polar surface area (TPSA) is 64.0 Å². The highest BCUT2D eigenvalue weighted by molar-refractivity contribution is 7.13. The number of likely N-dealkylation sites (tertiary alicyclic amines) is 1. The molecule has 0 saturated carbocycles. The second-order valence-electron chi connectivity index (χ2n) is 9.21. The average molecular weight is 494 g/mol. The average Bonchev–Trinajstić information content (AvgIpc) is 3.55. The van der Waals surface area contributed by atoms with Gasteiger partial charge in [-0.1, -0.05) is 6.07 Å². The number of carbonyl (C=O) groups excluding carboxylic acids is 2. The molecule has 1 fully saturated rings. The molecule has 8 heteroatoms. The van der Waals surface area contributed by atoms with Crippen molar-refractivity contribution in [1.29, 1.82) is 0 Å². The van der Waals surface area contributed by atoms with Crippen LogP contribution in [0.15, 0.2) is 35.7 Å². The molecule has 1 aromatic carbocycles. The van der Waals surface area contributed by atoms with Gasteiger partial charge in [-0.05, 0) is 54.5 Å². The van der Waals surface area contributed by atoms with Crippen molar-refractivity contribution in [2.45, 2.75) is 38.8 Å². The van der Waals surface area contributed by atoms with E-state index in [0.29, 0.717) is 30.3 Å². The fraction of sp³-hybridized carbons (Fsp3) is 0.407. The van der Waals surface area contributed by atoms with E-state index >= 15 is 0 Å². The number of carbonyl (C=O) groups is 2. The highest BCUT2D eigenvalue weighted by Gasteiger charge is 2.33. The number of rotatable bonds is 5. The molecule has 1 unspecified atom stereocenters. The van der Waals surface area contributed by atoms with Crippen LogP contribution in [-0.4, -0.2) is 66.6 Å². The van der Waals surface area contributed by atoms with Gasteiger partial charge in [0.25, 0.3) is 5.91 Å². The molecule has 35 heavy (non-hydrogen) atoms.